The monoisotopic (exact) mass is 425 g/mol. The Kier molecular flexibility index (Phi) is 5.47. The molecule has 1 aliphatic heterocycles. The van der Waals surface area contributed by atoms with Crippen molar-refractivity contribution in [1.82, 2.24) is 24.8 Å². The molecule has 0 atom stereocenters. The minimum atomic E-state index is -0.0787. The molecular weight excluding hydrogens is 402 g/mol. The van der Waals surface area contributed by atoms with Gasteiger partial charge in [0.25, 0.3) is 5.56 Å². The van der Waals surface area contributed by atoms with Gasteiger partial charge < -0.3 is 9.72 Å². The number of nitrogens with one attached hydrogen (secondary N) is 1. The number of rotatable bonds is 5. The quantitative estimate of drug-likeness (QED) is 0.527. The highest BCUT2D eigenvalue weighted by atomic mass is 16.5. The zero-order chi connectivity index (χ0) is 21.9. The third-order valence-corrected chi connectivity index (χ3v) is 5.68. The smallest absolute Gasteiger partial charge is 0.255 e. The maximum Gasteiger partial charge on any atom is 0.255 e. The highest BCUT2D eigenvalue weighted by Crippen LogP contribution is 2.23. The van der Waals surface area contributed by atoms with Crippen LogP contribution in [0, 0.1) is 0 Å². The zero-order valence-electron chi connectivity index (χ0n) is 17.8. The molecule has 0 fully saturated rings. The maximum atomic E-state index is 12.7. The fraction of sp³-hybridized carbons (Fsp3) is 0.200. The number of methoxy groups -OCH3 is 1. The summed E-state index contributed by atoms with van der Waals surface area (Å²) in [6.07, 6.45) is 6.05. The van der Waals surface area contributed by atoms with Crippen molar-refractivity contribution in [1.29, 1.82) is 0 Å². The van der Waals surface area contributed by atoms with Gasteiger partial charge in [-0.1, -0.05) is 18.2 Å². The third kappa shape index (κ3) is 4.15. The average molecular weight is 425 g/mol. The first-order chi connectivity index (χ1) is 15.7. The van der Waals surface area contributed by atoms with Crippen molar-refractivity contribution in [2.24, 2.45) is 0 Å². The van der Waals surface area contributed by atoms with Crippen molar-refractivity contribution in [2.45, 2.75) is 19.5 Å². The SMILES string of the molecule is COc1cccc(-c2ccc(CN3CCc4nc(-c5cccnc5)[nH]c(=O)c4C3)cn2)c1. The van der Waals surface area contributed by atoms with E-state index >= 15 is 0 Å². The standard InChI is InChI=1S/C25H23N5O2/c1-32-20-6-2-4-18(12-20)22-8-7-17(13-27-22)15-30-11-9-23-21(16-30)25(31)29-24(28-23)19-5-3-10-26-14-19/h2-8,10,12-14H,9,11,15-16H2,1H3,(H,28,29,31). The lowest BCUT2D eigenvalue weighted by molar-refractivity contribution is 0.241. The van der Waals surface area contributed by atoms with Crippen LogP contribution in [0.25, 0.3) is 22.6 Å². The Balaban J connectivity index is 1.30. The van der Waals surface area contributed by atoms with Crippen LogP contribution >= 0.6 is 0 Å². The first-order valence-corrected chi connectivity index (χ1v) is 10.5. The van der Waals surface area contributed by atoms with Gasteiger partial charge in [-0.15, -0.1) is 0 Å². The number of benzene rings is 1. The van der Waals surface area contributed by atoms with Crippen LogP contribution in [0.4, 0.5) is 0 Å². The molecule has 7 nitrogen and oxygen atoms in total. The zero-order valence-corrected chi connectivity index (χ0v) is 17.8. The summed E-state index contributed by atoms with van der Waals surface area (Å²) in [5.41, 5.74) is 5.38. The van der Waals surface area contributed by atoms with E-state index < -0.39 is 0 Å². The van der Waals surface area contributed by atoms with Crippen molar-refractivity contribution in [2.75, 3.05) is 13.7 Å². The highest BCUT2D eigenvalue weighted by Gasteiger charge is 2.21. The van der Waals surface area contributed by atoms with Crippen molar-refractivity contribution >= 4 is 0 Å². The number of nitrogens with zero attached hydrogens (tertiary/aromatic N) is 4. The molecule has 5 rings (SSSR count). The number of fused-ring (bicyclic) bond motifs is 1. The van der Waals surface area contributed by atoms with E-state index in [2.05, 4.69) is 25.9 Å². The van der Waals surface area contributed by atoms with Crippen LogP contribution in [0.15, 0.2) is 71.9 Å². The third-order valence-electron chi connectivity index (χ3n) is 5.68. The van der Waals surface area contributed by atoms with Crippen molar-refractivity contribution in [3.05, 3.63) is 94.3 Å². The van der Waals surface area contributed by atoms with Crippen molar-refractivity contribution < 1.29 is 4.74 Å². The van der Waals surface area contributed by atoms with Gasteiger partial charge in [-0.05, 0) is 35.9 Å². The topological polar surface area (TPSA) is 84.0 Å². The first-order valence-electron chi connectivity index (χ1n) is 10.5. The summed E-state index contributed by atoms with van der Waals surface area (Å²) in [7, 11) is 1.66. The van der Waals surface area contributed by atoms with Gasteiger partial charge in [-0.25, -0.2) is 4.98 Å². The molecule has 1 N–H and O–H groups in total. The van der Waals surface area contributed by atoms with Crippen LogP contribution in [0.5, 0.6) is 5.75 Å². The molecule has 160 valence electrons. The van der Waals surface area contributed by atoms with Crippen molar-refractivity contribution in [3.63, 3.8) is 0 Å². The fourth-order valence-electron chi connectivity index (χ4n) is 3.98. The predicted molar refractivity (Wildman–Crippen MR) is 122 cm³/mol. The Bertz CT molecular complexity index is 1290. The number of pyridine rings is 2. The van der Waals surface area contributed by atoms with Gasteiger partial charge in [0.1, 0.15) is 11.6 Å². The lowest BCUT2D eigenvalue weighted by Gasteiger charge is -2.27. The Labute approximate surface area is 185 Å². The van der Waals surface area contributed by atoms with E-state index in [0.717, 1.165) is 58.9 Å². The molecule has 4 aromatic rings. The Morgan fingerprint density at radius 1 is 1.09 bits per heavy atom. The summed E-state index contributed by atoms with van der Waals surface area (Å²) in [5.74, 6) is 1.39. The van der Waals surface area contributed by atoms with Crippen LogP contribution < -0.4 is 10.3 Å². The molecule has 0 saturated carbocycles. The molecule has 0 bridgehead atoms. The predicted octanol–water partition coefficient (Wildman–Crippen LogP) is 3.46. The van der Waals surface area contributed by atoms with Gasteiger partial charge in [0.2, 0.25) is 0 Å². The fourth-order valence-corrected chi connectivity index (χ4v) is 3.98. The second kappa shape index (κ2) is 8.72. The second-order valence-electron chi connectivity index (χ2n) is 7.83. The largest absolute Gasteiger partial charge is 0.497 e. The number of H-pyrrole nitrogens is 1. The van der Waals surface area contributed by atoms with Crippen LogP contribution in [0.3, 0.4) is 0 Å². The minimum Gasteiger partial charge on any atom is -0.497 e. The molecular formula is C25H23N5O2. The van der Waals surface area contributed by atoms with Gasteiger partial charge in [-0.3, -0.25) is 19.7 Å². The normalized spacial score (nSPS) is 13.5. The Morgan fingerprint density at radius 2 is 2.00 bits per heavy atom. The summed E-state index contributed by atoms with van der Waals surface area (Å²) >= 11 is 0. The van der Waals surface area contributed by atoms with Crippen molar-refractivity contribution in [3.8, 4) is 28.4 Å². The van der Waals surface area contributed by atoms with Gasteiger partial charge >= 0.3 is 0 Å². The summed E-state index contributed by atoms with van der Waals surface area (Å²) in [4.78, 5) is 31.4. The first kappa shape index (κ1) is 20.1. The second-order valence-corrected chi connectivity index (χ2v) is 7.83. The van der Waals surface area contributed by atoms with Gasteiger partial charge in [0.05, 0.1) is 24.1 Å². The van der Waals surface area contributed by atoms with E-state index in [-0.39, 0.29) is 5.56 Å². The highest BCUT2D eigenvalue weighted by molar-refractivity contribution is 5.61. The molecule has 0 spiro atoms. The van der Waals surface area contributed by atoms with E-state index in [9.17, 15) is 4.79 Å². The molecule has 0 unspecified atom stereocenters. The molecule has 1 aliphatic rings. The van der Waals surface area contributed by atoms with Gasteiger partial charge in [0.15, 0.2) is 0 Å². The molecule has 0 saturated heterocycles. The number of aromatic nitrogens is 4. The molecule has 0 radical (unpaired) electrons. The lowest BCUT2D eigenvalue weighted by Crippen LogP contribution is -2.35. The lowest BCUT2D eigenvalue weighted by atomic mass is 10.1. The van der Waals surface area contributed by atoms with E-state index in [4.69, 9.17) is 9.72 Å². The summed E-state index contributed by atoms with van der Waals surface area (Å²) < 4.78 is 5.30. The van der Waals surface area contributed by atoms with E-state index in [1.165, 1.54) is 0 Å². The van der Waals surface area contributed by atoms with Crippen LogP contribution in [-0.4, -0.2) is 38.5 Å². The number of hydrogen-bond acceptors (Lipinski definition) is 6. The molecule has 7 heteroatoms. The van der Waals surface area contributed by atoms with E-state index in [1.807, 2.05) is 48.7 Å². The number of hydrogen-bond donors (Lipinski definition) is 1. The summed E-state index contributed by atoms with van der Waals surface area (Å²) in [6.45, 7) is 2.14. The number of aromatic amines is 1. The molecule has 1 aromatic carbocycles. The summed E-state index contributed by atoms with van der Waals surface area (Å²) in [5, 5.41) is 0. The van der Waals surface area contributed by atoms with Crippen LogP contribution in [0.1, 0.15) is 16.8 Å². The molecule has 3 aromatic heterocycles. The molecule has 32 heavy (non-hydrogen) atoms. The van der Waals surface area contributed by atoms with Gasteiger partial charge in [-0.2, -0.15) is 0 Å². The summed E-state index contributed by atoms with van der Waals surface area (Å²) in [6, 6.07) is 15.7. The Morgan fingerprint density at radius 3 is 2.78 bits per heavy atom. The Hall–Kier alpha value is -3.84. The van der Waals surface area contributed by atoms with Crippen LogP contribution in [0.2, 0.25) is 0 Å². The maximum absolute atomic E-state index is 12.7. The van der Waals surface area contributed by atoms with Crippen LogP contribution in [-0.2, 0) is 19.5 Å². The minimum absolute atomic E-state index is 0.0787. The molecule has 0 amide bonds. The molecule has 0 aliphatic carbocycles. The molecule has 4 heterocycles. The number of ether oxygens (including phenoxy) is 1. The van der Waals surface area contributed by atoms with E-state index in [0.29, 0.717) is 12.4 Å². The average Bonchev–Trinajstić information content (AvgIpc) is 2.85. The van der Waals surface area contributed by atoms with E-state index in [1.54, 1.807) is 19.5 Å². The van der Waals surface area contributed by atoms with Gasteiger partial charge in [0, 0.05) is 55.8 Å².